The van der Waals surface area contributed by atoms with Gasteiger partial charge in [-0.3, -0.25) is 4.79 Å². The highest BCUT2D eigenvalue weighted by atomic mass is 16.1. The van der Waals surface area contributed by atoms with Crippen molar-refractivity contribution in [1.29, 1.82) is 0 Å². The minimum Gasteiger partial charge on any atom is -0.372 e. The van der Waals surface area contributed by atoms with Gasteiger partial charge in [-0.15, -0.1) is 0 Å². The van der Waals surface area contributed by atoms with Gasteiger partial charge in [-0.1, -0.05) is 69.3 Å². The van der Waals surface area contributed by atoms with Crippen molar-refractivity contribution < 1.29 is 4.79 Å². The first-order chi connectivity index (χ1) is 10.4. The van der Waals surface area contributed by atoms with E-state index in [1.54, 1.807) is 0 Å². The highest BCUT2D eigenvalue weighted by Crippen LogP contribution is 2.39. The second-order valence-corrected chi connectivity index (χ2v) is 7.28. The third kappa shape index (κ3) is 2.66. The highest BCUT2D eigenvalue weighted by molar-refractivity contribution is 5.97. The Kier molecular flexibility index (Phi) is 3.56. The van der Waals surface area contributed by atoms with E-state index >= 15 is 0 Å². The Labute approximate surface area is 132 Å². The smallest absolute Gasteiger partial charge is 0.164 e. The van der Waals surface area contributed by atoms with E-state index in [-0.39, 0.29) is 11.2 Å². The molecule has 0 aliphatic carbocycles. The van der Waals surface area contributed by atoms with Gasteiger partial charge in [0.05, 0.1) is 0 Å². The van der Waals surface area contributed by atoms with Crippen LogP contribution in [0.1, 0.15) is 31.9 Å². The lowest BCUT2D eigenvalue weighted by Crippen LogP contribution is -2.52. The first kappa shape index (κ1) is 14.8. The van der Waals surface area contributed by atoms with E-state index in [0.29, 0.717) is 0 Å². The first-order valence-corrected chi connectivity index (χ1v) is 7.86. The molecule has 1 unspecified atom stereocenters. The summed E-state index contributed by atoms with van der Waals surface area (Å²) in [4.78, 5) is 13.2. The van der Waals surface area contributed by atoms with Gasteiger partial charge in [0.2, 0.25) is 0 Å². The fourth-order valence-electron chi connectivity index (χ4n) is 3.41. The molecule has 2 nitrogen and oxygen atoms in total. The summed E-state index contributed by atoms with van der Waals surface area (Å²) in [5.74, 6) is 0.278. The maximum Gasteiger partial charge on any atom is 0.164 e. The molecule has 3 rings (SSSR count). The molecule has 0 fully saturated rings. The van der Waals surface area contributed by atoms with Gasteiger partial charge in [-0.25, -0.2) is 0 Å². The fraction of sp³-hybridized carbons (Fsp3) is 0.350. The Balaban J connectivity index is 2.00. The van der Waals surface area contributed by atoms with Gasteiger partial charge < -0.3 is 5.32 Å². The van der Waals surface area contributed by atoms with Crippen LogP contribution < -0.4 is 5.32 Å². The molecule has 0 saturated heterocycles. The number of hydrogen-bond acceptors (Lipinski definition) is 2. The molecule has 0 aromatic heterocycles. The van der Waals surface area contributed by atoms with Crippen LogP contribution >= 0.6 is 0 Å². The molecule has 2 aromatic carbocycles. The first-order valence-electron chi connectivity index (χ1n) is 7.86. The summed E-state index contributed by atoms with van der Waals surface area (Å²) in [6.45, 7) is 6.02. The van der Waals surface area contributed by atoms with Crippen LogP contribution in [0.3, 0.4) is 0 Å². The number of anilines is 1. The number of carbonyl (C=O) groups is 1. The van der Waals surface area contributed by atoms with Crippen molar-refractivity contribution in [3.05, 3.63) is 65.7 Å². The summed E-state index contributed by atoms with van der Waals surface area (Å²) in [5, 5.41) is 3.55. The molecule has 0 spiro atoms. The standard InChI is InChI=1S/C20H23NO/c1-19(2,3)18(22)20(13-15-9-5-4-6-10-15)14-16-11-7-8-12-17(16)21-20/h4-12,21H,13-14H2,1-3H3. The SMILES string of the molecule is CC(C)(C)C(=O)C1(Cc2ccccc2)Cc2ccccc2N1. The van der Waals surface area contributed by atoms with Crippen molar-refractivity contribution in [3.8, 4) is 0 Å². The Morgan fingerprint density at radius 3 is 2.32 bits per heavy atom. The predicted molar refractivity (Wildman–Crippen MR) is 91.1 cm³/mol. The van der Waals surface area contributed by atoms with Gasteiger partial charge in [0.15, 0.2) is 5.78 Å². The molecule has 114 valence electrons. The average Bonchev–Trinajstić information content (AvgIpc) is 2.85. The fourth-order valence-corrected chi connectivity index (χ4v) is 3.41. The maximum absolute atomic E-state index is 13.2. The summed E-state index contributed by atoms with van der Waals surface area (Å²) >= 11 is 0. The van der Waals surface area contributed by atoms with Gasteiger partial charge in [0, 0.05) is 23.9 Å². The number of para-hydroxylation sites is 1. The molecule has 1 atom stereocenters. The molecular weight excluding hydrogens is 270 g/mol. The molecule has 22 heavy (non-hydrogen) atoms. The zero-order valence-corrected chi connectivity index (χ0v) is 13.5. The van der Waals surface area contributed by atoms with Crippen LogP contribution in [0.25, 0.3) is 0 Å². The Hall–Kier alpha value is -2.09. The second-order valence-electron chi connectivity index (χ2n) is 7.28. The van der Waals surface area contributed by atoms with E-state index in [9.17, 15) is 4.79 Å². The molecule has 0 saturated carbocycles. The van der Waals surface area contributed by atoms with Crippen molar-refractivity contribution in [2.45, 2.75) is 39.2 Å². The summed E-state index contributed by atoms with van der Waals surface area (Å²) in [6.07, 6.45) is 1.48. The predicted octanol–water partition coefficient (Wildman–Crippen LogP) is 4.25. The van der Waals surface area contributed by atoms with Crippen LogP contribution in [0.15, 0.2) is 54.6 Å². The van der Waals surface area contributed by atoms with E-state index in [2.05, 4.69) is 29.6 Å². The van der Waals surface area contributed by atoms with E-state index in [1.165, 1.54) is 11.1 Å². The monoisotopic (exact) mass is 293 g/mol. The van der Waals surface area contributed by atoms with Crippen molar-refractivity contribution >= 4 is 11.5 Å². The lowest BCUT2D eigenvalue weighted by Gasteiger charge is -2.35. The van der Waals surface area contributed by atoms with Crippen molar-refractivity contribution in [3.63, 3.8) is 0 Å². The number of carbonyl (C=O) groups excluding carboxylic acids is 1. The molecule has 2 aromatic rings. The lowest BCUT2D eigenvalue weighted by molar-refractivity contribution is -0.130. The number of hydrogen-bond donors (Lipinski definition) is 1. The number of nitrogens with one attached hydrogen (secondary N) is 1. The molecule has 1 aliphatic rings. The molecule has 0 amide bonds. The number of fused-ring (bicyclic) bond motifs is 1. The minimum atomic E-state index is -0.538. The quantitative estimate of drug-likeness (QED) is 0.916. The minimum absolute atomic E-state index is 0.278. The summed E-state index contributed by atoms with van der Waals surface area (Å²) in [7, 11) is 0. The topological polar surface area (TPSA) is 29.1 Å². The number of rotatable bonds is 3. The van der Waals surface area contributed by atoms with Crippen LogP contribution in [-0.4, -0.2) is 11.3 Å². The number of ketones is 1. The van der Waals surface area contributed by atoms with Crippen molar-refractivity contribution in [1.82, 2.24) is 0 Å². The molecule has 1 aliphatic heterocycles. The largest absolute Gasteiger partial charge is 0.372 e. The normalized spacial score (nSPS) is 20.3. The molecular formula is C20H23NO. The molecule has 0 radical (unpaired) electrons. The summed E-state index contributed by atoms with van der Waals surface area (Å²) in [5.41, 5.74) is 2.61. The third-order valence-electron chi connectivity index (χ3n) is 4.35. The van der Waals surface area contributed by atoms with Crippen LogP contribution in [0.4, 0.5) is 5.69 Å². The average molecular weight is 293 g/mol. The van der Waals surface area contributed by atoms with Gasteiger partial charge in [-0.05, 0) is 17.2 Å². The number of Topliss-reactive ketones (excluding diaryl/α,β-unsaturated/α-hetero) is 1. The summed E-state index contributed by atoms with van der Waals surface area (Å²) < 4.78 is 0. The lowest BCUT2D eigenvalue weighted by atomic mass is 9.74. The highest BCUT2D eigenvalue weighted by Gasteiger charge is 2.47. The van der Waals surface area contributed by atoms with Crippen LogP contribution in [0, 0.1) is 5.41 Å². The molecule has 0 bridgehead atoms. The Bertz CT molecular complexity index is 657. The van der Waals surface area contributed by atoms with Crippen molar-refractivity contribution in [2.24, 2.45) is 5.41 Å². The second kappa shape index (κ2) is 5.28. The van der Waals surface area contributed by atoms with Gasteiger partial charge in [0.1, 0.15) is 5.54 Å². The van der Waals surface area contributed by atoms with Crippen LogP contribution in [0.2, 0.25) is 0 Å². The zero-order chi connectivity index (χ0) is 15.8. The van der Waals surface area contributed by atoms with Gasteiger partial charge in [-0.2, -0.15) is 0 Å². The zero-order valence-electron chi connectivity index (χ0n) is 13.5. The van der Waals surface area contributed by atoms with E-state index in [4.69, 9.17) is 0 Å². The maximum atomic E-state index is 13.2. The Morgan fingerprint density at radius 2 is 1.68 bits per heavy atom. The van der Waals surface area contributed by atoms with Crippen LogP contribution in [-0.2, 0) is 17.6 Å². The Morgan fingerprint density at radius 1 is 1.05 bits per heavy atom. The molecule has 1 N–H and O–H groups in total. The van der Waals surface area contributed by atoms with Gasteiger partial charge >= 0.3 is 0 Å². The van der Waals surface area contributed by atoms with E-state index in [1.807, 2.05) is 51.1 Å². The van der Waals surface area contributed by atoms with E-state index in [0.717, 1.165) is 18.5 Å². The molecule has 2 heteroatoms. The summed E-state index contributed by atoms with van der Waals surface area (Å²) in [6, 6.07) is 18.5. The van der Waals surface area contributed by atoms with Crippen LogP contribution in [0.5, 0.6) is 0 Å². The molecule has 1 heterocycles. The third-order valence-corrected chi connectivity index (χ3v) is 4.35. The number of benzene rings is 2. The van der Waals surface area contributed by atoms with Crippen molar-refractivity contribution in [2.75, 3.05) is 5.32 Å². The van der Waals surface area contributed by atoms with E-state index < -0.39 is 5.54 Å². The van der Waals surface area contributed by atoms with Gasteiger partial charge in [0.25, 0.3) is 0 Å².